The Kier molecular flexibility index (Phi) is 6.21. The fourth-order valence-corrected chi connectivity index (χ4v) is 5.72. The van der Waals surface area contributed by atoms with Crippen LogP contribution in [0.25, 0.3) is 0 Å². The molecule has 0 aliphatic carbocycles. The van der Waals surface area contributed by atoms with E-state index >= 15 is 0 Å². The molecule has 1 aliphatic rings. The van der Waals surface area contributed by atoms with Gasteiger partial charge in [-0.15, -0.1) is 21.5 Å². The predicted molar refractivity (Wildman–Crippen MR) is 134 cm³/mol. The van der Waals surface area contributed by atoms with E-state index in [0.29, 0.717) is 5.69 Å². The fraction of sp³-hybridized carbons (Fsp3) is 0.200. The maximum atomic E-state index is 13.4. The second-order valence-electron chi connectivity index (χ2n) is 8.21. The first-order chi connectivity index (χ1) is 16.5. The van der Waals surface area contributed by atoms with Gasteiger partial charge in [-0.3, -0.25) is 9.59 Å². The summed E-state index contributed by atoms with van der Waals surface area (Å²) in [5.41, 5.74) is 2.63. The quantitative estimate of drug-likeness (QED) is 0.409. The van der Waals surface area contributed by atoms with Gasteiger partial charge in [-0.2, -0.15) is 0 Å². The van der Waals surface area contributed by atoms with Gasteiger partial charge in [-0.25, -0.2) is 0 Å². The van der Waals surface area contributed by atoms with E-state index in [2.05, 4.69) is 15.5 Å². The number of carbonyl (C=O) groups is 2. The number of anilines is 2. The van der Waals surface area contributed by atoms with Crippen molar-refractivity contribution in [1.82, 2.24) is 14.8 Å². The van der Waals surface area contributed by atoms with Gasteiger partial charge in [0.25, 0.3) is 0 Å². The Bertz CT molecular complexity index is 1300. The second kappa shape index (κ2) is 9.44. The first kappa shape index (κ1) is 22.4. The van der Waals surface area contributed by atoms with Crippen molar-refractivity contribution < 1.29 is 9.59 Å². The van der Waals surface area contributed by atoms with E-state index in [1.807, 2.05) is 84.6 Å². The minimum Gasteiger partial charge on any atom is -0.326 e. The highest BCUT2D eigenvalue weighted by molar-refractivity contribution is 7.99. The zero-order chi connectivity index (χ0) is 23.7. The molecule has 2 atom stereocenters. The number of hydrogen-bond donors (Lipinski definition) is 1. The number of benzene rings is 2. The molecule has 2 aromatic carbocycles. The molecule has 0 spiro atoms. The molecule has 5 rings (SSSR count). The number of carbonyl (C=O) groups excluding carboxylic acids is 2. The van der Waals surface area contributed by atoms with Crippen LogP contribution < -0.4 is 10.2 Å². The van der Waals surface area contributed by atoms with Crippen molar-refractivity contribution in [2.24, 2.45) is 13.0 Å². The highest BCUT2D eigenvalue weighted by atomic mass is 32.2. The van der Waals surface area contributed by atoms with Gasteiger partial charge in [0, 0.05) is 34.6 Å². The fourth-order valence-electron chi connectivity index (χ4n) is 4.08. The maximum Gasteiger partial charge on any atom is 0.230 e. The number of nitrogens with zero attached hydrogens (tertiary/aromatic N) is 4. The lowest BCUT2D eigenvalue weighted by atomic mass is 9.97. The van der Waals surface area contributed by atoms with Crippen LogP contribution in [0.5, 0.6) is 0 Å². The topological polar surface area (TPSA) is 80.1 Å². The number of nitrogens with one attached hydrogen (secondary N) is 1. The highest BCUT2D eigenvalue weighted by Crippen LogP contribution is 2.43. The van der Waals surface area contributed by atoms with E-state index < -0.39 is 5.92 Å². The van der Waals surface area contributed by atoms with Crippen molar-refractivity contribution in [3.8, 4) is 0 Å². The molecule has 7 nitrogen and oxygen atoms in total. The van der Waals surface area contributed by atoms with Crippen LogP contribution in [0.3, 0.4) is 0 Å². The number of amides is 2. The molecule has 0 bridgehead atoms. The van der Waals surface area contributed by atoms with Crippen molar-refractivity contribution in [2.75, 3.05) is 10.2 Å². The van der Waals surface area contributed by atoms with Crippen LogP contribution >= 0.6 is 23.1 Å². The molecule has 4 aromatic rings. The van der Waals surface area contributed by atoms with Crippen LogP contribution in [-0.4, -0.2) is 26.6 Å². The molecule has 172 valence electrons. The second-order valence-corrected chi connectivity index (χ2v) is 10.2. The van der Waals surface area contributed by atoms with Gasteiger partial charge < -0.3 is 14.8 Å². The number of aromatic nitrogens is 3. The summed E-state index contributed by atoms with van der Waals surface area (Å²) >= 11 is 3.06. The summed E-state index contributed by atoms with van der Waals surface area (Å²) in [5, 5.41) is 13.8. The standard InChI is InChI=1S/C25H23N5O2S2/c1-16-5-9-18(10-6-16)30-22(31)14-20(23(30)21-4-3-13-33-21)24(32)27-17-7-11-19(12-8-17)34-25-28-26-15-29(25)2/h3-13,15,20,23H,14H2,1-2H3,(H,27,32). The first-order valence-corrected chi connectivity index (χ1v) is 12.5. The minimum absolute atomic E-state index is 0.0437. The van der Waals surface area contributed by atoms with E-state index in [-0.39, 0.29) is 24.3 Å². The Morgan fingerprint density at radius 3 is 2.53 bits per heavy atom. The van der Waals surface area contributed by atoms with Crippen molar-refractivity contribution in [2.45, 2.75) is 29.4 Å². The Morgan fingerprint density at radius 2 is 1.88 bits per heavy atom. The van der Waals surface area contributed by atoms with Crippen LogP contribution in [0.2, 0.25) is 0 Å². The molecule has 1 fully saturated rings. The predicted octanol–water partition coefficient (Wildman–Crippen LogP) is 5.07. The summed E-state index contributed by atoms with van der Waals surface area (Å²) in [6, 6.07) is 19.1. The molecule has 1 N–H and O–H groups in total. The van der Waals surface area contributed by atoms with Crippen molar-refractivity contribution in [3.05, 3.63) is 82.8 Å². The van der Waals surface area contributed by atoms with Crippen LogP contribution in [0.1, 0.15) is 22.9 Å². The lowest BCUT2D eigenvalue weighted by molar-refractivity contribution is -0.122. The van der Waals surface area contributed by atoms with Crippen molar-refractivity contribution in [1.29, 1.82) is 0 Å². The highest BCUT2D eigenvalue weighted by Gasteiger charge is 2.45. The lowest BCUT2D eigenvalue weighted by Crippen LogP contribution is -2.31. The Hall–Kier alpha value is -3.43. The number of aryl methyl sites for hydroxylation is 2. The molecule has 0 radical (unpaired) electrons. The molecule has 3 heterocycles. The zero-order valence-electron chi connectivity index (χ0n) is 18.7. The van der Waals surface area contributed by atoms with Crippen molar-refractivity contribution >= 4 is 46.3 Å². The van der Waals surface area contributed by atoms with E-state index in [9.17, 15) is 9.59 Å². The number of hydrogen-bond acceptors (Lipinski definition) is 6. The van der Waals surface area contributed by atoms with E-state index in [1.165, 1.54) is 11.8 Å². The van der Waals surface area contributed by atoms with E-state index in [4.69, 9.17) is 0 Å². The van der Waals surface area contributed by atoms with Crippen LogP contribution in [0, 0.1) is 12.8 Å². The molecule has 2 unspecified atom stereocenters. The van der Waals surface area contributed by atoms with Gasteiger partial charge >= 0.3 is 0 Å². The van der Waals surface area contributed by atoms with E-state index in [1.54, 1.807) is 22.6 Å². The van der Waals surface area contributed by atoms with Gasteiger partial charge in [0.1, 0.15) is 6.33 Å². The van der Waals surface area contributed by atoms with Gasteiger partial charge in [0.2, 0.25) is 11.8 Å². The first-order valence-electron chi connectivity index (χ1n) is 10.8. The summed E-state index contributed by atoms with van der Waals surface area (Å²) in [7, 11) is 1.89. The Morgan fingerprint density at radius 1 is 1.12 bits per heavy atom. The monoisotopic (exact) mass is 489 g/mol. The molecular formula is C25H23N5O2S2. The normalized spacial score (nSPS) is 17.8. The van der Waals surface area contributed by atoms with Gasteiger partial charge in [0.05, 0.1) is 12.0 Å². The van der Waals surface area contributed by atoms with Gasteiger partial charge in [0.15, 0.2) is 5.16 Å². The SMILES string of the molecule is Cc1ccc(N2C(=O)CC(C(=O)Nc3ccc(Sc4nncn4C)cc3)C2c2cccs2)cc1. The molecular weight excluding hydrogens is 466 g/mol. The average Bonchev–Trinajstić information content (AvgIpc) is 3.57. The third-order valence-corrected chi connectivity index (χ3v) is 7.81. The van der Waals surface area contributed by atoms with Crippen LogP contribution in [-0.2, 0) is 16.6 Å². The molecule has 1 aliphatic heterocycles. The van der Waals surface area contributed by atoms with E-state index in [0.717, 1.165) is 26.2 Å². The summed E-state index contributed by atoms with van der Waals surface area (Å²) in [4.78, 5) is 30.2. The summed E-state index contributed by atoms with van der Waals surface area (Å²) in [6.45, 7) is 2.01. The summed E-state index contributed by atoms with van der Waals surface area (Å²) in [6.07, 6.45) is 1.83. The molecule has 9 heteroatoms. The molecule has 1 saturated heterocycles. The van der Waals surface area contributed by atoms with Crippen LogP contribution in [0.4, 0.5) is 11.4 Å². The smallest absolute Gasteiger partial charge is 0.230 e. The summed E-state index contributed by atoms with van der Waals surface area (Å²) in [5.74, 6) is -0.687. The maximum absolute atomic E-state index is 13.4. The molecule has 2 amide bonds. The van der Waals surface area contributed by atoms with Crippen molar-refractivity contribution in [3.63, 3.8) is 0 Å². The molecule has 0 saturated carbocycles. The third-order valence-electron chi connectivity index (χ3n) is 5.81. The number of thiophene rings is 1. The summed E-state index contributed by atoms with van der Waals surface area (Å²) < 4.78 is 1.85. The Balaban J connectivity index is 1.35. The average molecular weight is 490 g/mol. The minimum atomic E-state index is -0.486. The third kappa shape index (κ3) is 4.49. The lowest BCUT2D eigenvalue weighted by Gasteiger charge is -2.27. The molecule has 34 heavy (non-hydrogen) atoms. The molecule has 2 aromatic heterocycles. The van der Waals surface area contributed by atoms with Gasteiger partial charge in [-0.05, 0) is 66.5 Å². The van der Waals surface area contributed by atoms with Crippen LogP contribution in [0.15, 0.2) is 82.4 Å². The largest absolute Gasteiger partial charge is 0.326 e. The number of rotatable bonds is 6. The Labute approximate surface area is 205 Å². The van der Waals surface area contributed by atoms with Gasteiger partial charge in [-0.1, -0.05) is 23.8 Å². The zero-order valence-corrected chi connectivity index (χ0v) is 20.3.